The first-order chi connectivity index (χ1) is 9.35. The molecule has 20 heavy (non-hydrogen) atoms. The summed E-state index contributed by atoms with van der Waals surface area (Å²) in [6.45, 7) is 7.94. The van der Waals surface area contributed by atoms with Crippen LogP contribution in [0.4, 0.5) is 11.5 Å². The van der Waals surface area contributed by atoms with E-state index in [4.69, 9.17) is 10.5 Å². The van der Waals surface area contributed by atoms with Crippen LogP contribution in [0.2, 0.25) is 0 Å². The molecule has 5 nitrogen and oxygen atoms in total. The first-order valence-electron chi connectivity index (χ1n) is 6.46. The van der Waals surface area contributed by atoms with Gasteiger partial charge in [0.05, 0.1) is 11.7 Å². The lowest BCUT2D eigenvalue weighted by atomic mass is 10.2. The second-order valence-electron chi connectivity index (χ2n) is 5.54. The van der Waals surface area contributed by atoms with Crippen LogP contribution < -0.4 is 15.8 Å². The lowest BCUT2D eigenvalue weighted by Crippen LogP contribution is -2.24. The number of hydrogen-bond acceptors (Lipinski definition) is 6. The molecular formula is C14H20N4OS. The maximum atomic E-state index is 5.90. The molecule has 3 N–H and O–H groups in total. The van der Waals surface area contributed by atoms with E-state index in [9.17, 15) is 0 Å². The van der Waals surface area contributed by atoms with Gasteiger partial charge in [-0.15, -0.1) is 11.3 Å². The zero-order valence-corrected chi connectivity index (χ0v) is 13.0. The molecule has 1 unspecified atom stereocenters. The van der Waals surface area contributed by atoms with Crippen molar-refractivity contribution in [3.63, 3.8) is 0 Å². The summed E-state index contributed by atoms with van der Waals surface area (Å²) in [5.41, 5.74) is 6.10. The quantitative estimate of drug-likeness (QED) is 0.902. The highest BCUT2D eigenvalue weighted by atomic mass is 32.1. The summed E-state index contributed by atoms with van der Waals surface area (Å²) in [5.74, 6) is 1.18. The first-order valence-corrected chi connectivity index (χ1v) is 7.34. The van der Waals surface area contributed by atoms with Crippen LogP contribution in [0.3, 0.4) is 0 Å². The van der Waals surface area contributed by atoms with Gasteiger partial charge in [-0.05, 0) is 39.8 Å². The van der Waals surface area contributed by atoms with Crippen molar-refractivity contribution in [2.24, 2.45) is 0 Å². The molecule has 0 amide bonds. The molecule has 0 spiro atoms. The van der Waals surface area contributed by atoms with E-state index < -0.39 is 0 Å². The Morgan fingerprint density at radius 2 is 2.10 bits per heavy atom. The minimum absolute atomic E-state index is 0.0913. The molecule has 6 heteroatoms. The van der Waals surface area contributed by atoms with Crippen LogP contribution in [-0.4, -0.2) is 15.6 Å². The highest BCUT2D eigenvalue weighted by molar-refractivity contribution is 7.09. The van der Waals surface area contributed by atoms with Gasteiger partial charge in [-0.3, -0.25) is 0 Å². The average molecular weight is 292 g/mol. The summed E-state index contributed by atoms with van der Waals surface area (Å²) in [4.78, 5) is 8.71. The Morgan fingerprint density at radius 1 is 1.35 bits per heavy atom. The van der Waals surface area contributed by atoms with Gasteiger partial charge in [0.1, 0.15) is 16.4 Å². The van der Waals surface area contributed by atoms with Gasteiger partial charge in [0.25, 0.3) is 0 Å². The Hall–Kier alpha value is -1.82. The lowest BCUT2D eigenvalue weighted by molar-refractivity contribution is 0.125. The summed E-state index contributed by atoms with van der Waals surface area (Å²) < 4.78 is 5.76. The van der Waals surface area contributed by atoms with E-state index in [1.807, 2.05) is 39.1 Å². The van der Waals surface area contributed by atoms with Crippen LogP contribution in [0, 0.1) is 0 Å². The van der Waals surface area contributed by atoms with Gasteiger partial charge in [0, 0.05) is 11.6 Å². The number of nitrogens with two attached hydrogens (primary N) is 1. The maximum Gasteiger partial charge on any atom is 0.239 e. The number of pyridine rings is 1. The number of nitrogen functional groups attached to an aromatic ring is 1. The Kier molecular flexibility index (Phi) is 4.13. The van der Waals surface area contributed by atoms with Gasteiger partial charge in [-0.2, -0.15) is 4.98 Å². The van der Waals surface area contributed by atoms with Crippen LogP contribution in [-0.2, 0) is 0 Å². The van der Waals surface area contributed by atoms with Crippen LogP contribution in [0.25, 0.3) is 0 Å². The minimum Gasteiger partial charge on any atom is -0.470 e. The molecule has 108 valence electrons. The van der Waals surface area contributed by atoms with E-state index in [1.165, 1.54) is 0 Å². The molecule has 1 atom stereocenters. The molecule has 0 saturated heterocycles. The Labute approximate surface area is 123 Å². The topological polar surface area (TPSA) is 73.1 Å². The van der Waals surface area contributed by atoms with E-state index in [0.717, 1.165) is 10.8 Å². The fraction of sp³-hybridized carbons (Fsp3) is 0.429. The van der Waals surface area contributed by atoms with Crippen molar-refractivity contribution < 1.29 is 4.74 Å². The zero-order chi connectivity index (χ0) is 14.8. The van der Waals surface area contributed by atoms with Crippen molar-refractivity contribution >= 4 is 22.8 Å². The van der Waals surface area contributed by atoms with Crippen molar-refractivity contribution in [1.82, 2.24) is 9.97 Å². The summed E-state index contributed by atoms with van der Waals surface area (Å²) in [5, 5.41) is 6.27. The first kappa shape index (κ1) is 14.6. The Balaban J connectivity index is 2.15. The van der Waals surface area contributed by atoms with Gasteiger partial charge in [-0.1, -0.05) is 0 Å². The van der Waals surface area contributed by atoms with Crippen molar-refractivity contribution in [3.05, 3.63) is 28.7 Å². The van der Waals surface area contributed by atoms with Crippen LogP contribution in [0.15, 0.2) is 23.7 Å². The predicted molar refractivity (Wildman–Crippen MR) is 83.2 cm³/mol. The van der Waals surface area contributed by atoms with Crippen molar-refractivity contribution in [2.45, 2.75) is 39.3 Å². The predicted octanol–water partition coefficient (Wildman–Crippen LogP) is 3.47. The van der Waals surface area contributed by atoms with Crippen molar-refractivity contribution in [2.75, 3.05) is 11.1 Å². The summed E-state index contributed by atoms with van der Waals surface area (Å²) >= 11 is 1.61. The largest absolute Gasteiger partial charge is 0.470 e. The lowest BCUT2D eigenvalue weighted by Gasteiger charge is -2.22. The molecule has 0 aromatic carbocycles. The van der Waals surface area contributed by atoms with E-state index >= 15 is 0 Å². The Bertz CT molecular complexity index is 563. The average Bonchev–Trinajstić information content (AvgIpc) is 2.85. The molecule has 0 bridgehead atoms. The van der Waals surface area contributed by atoms with Gasteiger partial charge in [0.15, 0.2) is 0 Å². The van der Waals surface area contributed by atoms with Crippen molar-refractivity contribution in [1.29, 1.82) is 0 Å². The van der Waals surface area contributed by atoms with Crippen LogP contribution in [0.5, 0.6) is 5.88 Å². The molecule has 0 aliphatic carbocycles. The molecule has 2 aromatic heterocycles. The number of hydrogen-bond donors (Lipinski definition) is 2. The third-order valence-corrected chi connectivity index (χ3v) is 3.44. The van der Waals surface area contributed by atoms with E-state index in [2.05, 4.69) is 15.3 Å². The molecule has 0 aliphatic rings. The Morgan fingerprint density at radius 3 is 2.70 bits per heavy atom. The second-order valence-corrected chi connectivity index (χ2v) is 6.47. The van der Waals surface area contributed by atoms with E-state index in [0.29, 0.717) is 11.6 Å². The van der Waals surface area contributed by atoms with Crippen LogP contribution in [0.1, 0.15) is 38.7 Å². The van der Waals surface area contributed by atoms with E-state index in [-0.39, 0.29) is 11.6 Å². The van der Waals surface area contributed by atoms with Crippen LogP contribution >= 0.6 is 11.3 Å². The molecular weight excluding hydrogens is 272 g/mol. The third-order valence-electron chi connectivity index (χ3n) is 2.48. The summed E-state index contributed by atoms with van der Waals surface area (Å²) in [6.07, 6.45) is 1.79. The number of aromatic nitrogens is 2. The molecule has 2 heterocycles. The second kappa shape index (κ2) is 5.66. The smallest absolute Gasteiger partial charge is 0.239 e. The highest BCUT2D eigenvalue weighted by Crippen LogP contribution is 2.27. The number of rotatable bonds is 4. The van der Waals surface area contributed by atoms with Gasteiger partial charge in [0.2, 0.25) is 5.88 Å². The van der Waals surface area contributed by atoms with Gasteiger partial charge < -0.3 is 15.8 Å². The maximum absolute atomic E-state index is 5.90. The standard InChI is InChI=1S/C14H20N4OS/c1-9(13-16-7-8-20-13)17-11-6-5-10(15)12(18-11)19-14(2,3)4/h5-9H,15H2,1-4H3,(H,17,18). The highest BCUT2D eigenvalue weighted by Gasteiger charge is 2.16. The van der Waals surface area contributed by atoms with E-state index in [1.54, 1.807) is 23.6 Å². The molecule has 0 radical (unpaired) electrons. The number of thiazole rings is 1. The summed E-state index contributed by atoms with van der Waals surface area (Å²) in [7, 11) is 0. The molecule has 0 fully saturated rings. The monoisotopic (exact) mass is 292 g/mol. The van der Waals surface area contributed by atoms with Gasteiger partial charge >= 0.3 is 0 Å². The third kappa shape index (κ3) is 3.84. The summed E-state index contributed by atoms with van der Waals surface area (Å²) in [6, 6.07) is 3.73. The number of anilines is 2. The molecule has 0 saturated carbocycles. The molecule has 2 aromatic rings. The fourth-order valence-electron chi connectivity index (χ4n) is 1.64. The normalized spacial score (nSPS) is 13.0. The zero-order valence-electron chi connectivity index (χ0n) is 12.2. The number of nitrogens with one attached hydrogen (secondary N) is 1. The molecule has 2 rings (SSSR count). The number of nitrogens with zero attached hydrogens (tertiary/aromatic N) is 2. The fourth-order valence-corrected chi connectivity index (χ4v) is 2.28. The number of ether oxygens (including phenoxy) is 1. The molecule has 0 aliphatic heterocycles. The van der Waals surface area contributed by atoms with Crippen molar-refractivity contribution in [3.8, 4) is 5.88 Å². The minimum atomic E-state index is -0.333. The SMILES string of the molecule is CC(Nc1ccc(N)c(OC(C)(C)C)n1)c1nccs1. The van der Waals surface area contributed by atoms with Gasteiger partial charge in [-0.25, -0.2) is 4.98 Å².